The highest BCUT2D eigenvalue weighted by atomic mass is 32.2. The van der Waals surface area contributed by atoms with E-state index < -0.39 is 0 Å². The topological polar surface area (TPSA) is 33.3 Å². The molecule has 2 N–H and O–H groups in total. The van der Waals surface area contributed by atoms with E-state index in [0.29, 0.717) is 0 Å². The van der Waals surface area contributed by atoms with Crippen molar-refractivity contribution >= 4 is 23.5 Å². The van der Waals surface area contributed by atoms with Gasteiger partial charge in [0.15, 0.2) is 0 Å². The minimum absolute atomic E-state index is 0.205. The molecule has 3 nitrogen and oxygen atoms in total. The third-order valence-electron chi connectivity index (χ3n) is 1.57. The van der Waals surface area contributed by atoms with Gasteiger partial charge in [-0.25, -0.2) is 10.9 Å². The SMILES string of the molecule is CC1(C)NNC2(O1)SCCS2. The van der Waals surface area contributed by atoms with Crippen molar-refractivity contribution in [2.45, 2.75) is 24.0 Å². The average molecular weight is 192 g/mol. The molecule has 1 spiro atoms. The standard InChI is InChI=1S/C6H12N2OS2/c1-5(2)7-8-6(9-5)10-3-4-11-6/h7-8H,3-4H2,1-2H3. The summed E-state index contributed by atoms with van der Waals surface area (Å²) in [6.07, 6.45) is 0. The van der Waals surface area contributed by atoms with Crippen LogP contribution in [-0.2, 0) is 4.74 Å². The molecule has 11 heavy (non-hydrogen) atoms. The van der Waals surface area contributed by atoms with Crippen LogP contribution in [0.3, 0.4) is 0 Å². The van der Waals surface area contributed by atoms with Gasteiger partial charge in [-0.2, -0.15) is 0 Å². The van der Waals surface area contributed by atoms with Gasteiger partial charge in [-0.1, -0.05) is 23.5 Å². The lowest BCUT2D eigenvalue weighted by Gasteiger charge is -2.22. The highest BCUT2D eigenvalue weighted by Crippen LogP contribution is 2.46. The first kappa shape index (κ1) is 8.19. The quantitative estimate of drug-likeness (QED) is 0.597. The summed E-state index contributed by atoms with van der Waals surface area (Å²) in [5.74, 6) is 2.32. The van der Waals surface area contributed by atoms with Gasteiger partial charge in [0.1, 0.15) is 5.72 Å². The summed E-state index contributed by atoms with van der Waals surface area (Å²) < 4.78 is 5.60. The molecule has 2 rings (SSSR count). The molecule has 2 aliphatic rings. The first-order valence-corrected chi connectivity index (χ1v) is 5.62. The molecule has 5 heteroatoms. The third-order valence-corrected chi connectivity index (χ3v) is 4.49. The van der Waals surface area contributed by atoms with Crippen LogP contribution in [0, 0.1) is 0 Å². The van der Waals surface area contributed by atoms with Crippen LogP contribution in [0.5, 0.6) is 0 Å². The van der Waals surface area contributed by atoms with Gasteiger partial charge in [0.2, 0.25) is 4.39 Å². The molecule has 2 fully saturated rings. The highest BCUT2D eigenvalue weighted by Gasteiger charge is 2.47. The number of hydrazine groups is 1. The average Bonchev–Trinajstić information content (AvgIpc) is 2.43. The molecule has 2 saturated heterocycles. The summed E-state index contributed by atoms with van der Waals surface area (Å²) in [5, 5.41) is 0. The zero-order chi connectivity index (χ0) is 7.95. The van der Waals surface area contributed by atoms with Gasteiger partial charge in [-0.15, -0.1) is 0 Å². The Balaban J connectivity index is 2.07. The Labute approximate surface area is 75.0 Å². The van der Waals surface area contributed by atoms with Crippen molar-refractivity contribution in [1.82, 2.24) is 10.9 Å². The van der Waals surface area contributed by atoms with E-state index in [4.69, 9.17) is 4.74 Å². The summed E-state index contributed by atoms with van der Waals surface area (Å²) in [4.78, 5) is 0. The van der Waals surface area contributed by atoms with E-state index in [1.54, 1.807) is 0 Å². The number of ether oxygens (including phenoxy) is 1. The number of nitrogens with one attached hydrogen (secondary N) is 2. The van der Waals surface area contributed by atoms with Crippen molar-refractivity contribution in [2.24, 2.45) is 0 Å². The molecule has 0 radical (unpaired) electrons. The van der Waals surface area contributed by atoms with Crippen LogP contribution in [0.4, 0.5) is 0 Å². The van der Waals surface area contributed by atoms with Crippen molar-refractivity contribution < 1.29 is 4.74 Å². The van der Waals surface area contributed by atoms with Gasteiger partial charge >= 0.3 is 0 Å². The molecule has 0 unspecified atom stereocenters. The van der Waals surface area contributed by atoms with Crippen LogP contribution in [0.15, 0.2) is 0 Å². The lowest BCUT2D eigenvalue weighted by atomic mass is 10.3. The zero-order valence-corrected chi connectivity index (χ0v) is 8.27. The largest absolute Gasteiger partial charge is 0.319 e. The summed E-state index contributed by atoms with van der Waals surface area (Å²) in [5.41, 5.74) is 6.06. The molecule has 0 saturated carbocycles. The number of rotatable bonds is 0. The predicted octanol–water partition coefficient (Wildman–Crippen LogP) is 0.938. The number of hydrogen-bond donors (Lipinski definition) is 2. The van der Waals surface area contributed by atoms with Gasteiger partial charge in [0.25, 0.3) is 0 Å². The Morgan fingerprint density at radius 3 is 2.27 bits per heavy atom. The molecule has 2 heterocycles. The number of thioether (sulfide) groups is 2. The Bertz CT molecular complexity index is 168. The fourth-order valence-corrected chi connectivity index (χ4v) is 3.96. The van der Waals surface area contributed by atoms with Crippen LogP contribution >= 0.6 is 23.5 Å². The van der Waals surface area contributed by atoms with Crippen LogP contribution < -0.4 is 10.9 Å². The molecule has 0 aromatic carbocycles. The van der Waals surface area contributed by atoms with Gasteiger partial charge in [-0.05, 0) is 13.8 Å². The molecule has 0 aliphatic carbocycles. The molecular weight excluding hydrogens is 180 g/mol. The van der Waals surface area contributed by atoms with E-state index in [2.05, 4.69) is 10.9 Å². The van der Waals surface area contributed by atoms with Gasteiger partial charge in [0.05, 0.1) is 0 Å². The van der Waals surface area contributed by atoms with E-state index in [0.717, 1.165) is 11.5 Å². The molecule has 0 bridgehead atoms. The van der Waals surface area contributed by atoms with E-state index in [-0.39, 0.29) is 10.1 Å². The molecular formula is C6H12N2OS2. The summed E-state index contributed by atoms with van der Waals surface area (Å²) in [7, 11) is 0. The first-order valence-electron chi connectivity index (χ1n) is 3.64. The maximum absolute atomic E-state index is 5.80. The van der Waals surface area contributed by atoms with Gasteiger partial charge in [0, 0.05) is 11.5 Å². The molecule has 64 valence electrons. The zero-order valence-electron chi connectivity index (χ0n) is 6.64. The van der Waals surface area contributed by atoms with Crippen molar-refractivity contribution in [1.29, 1.82) is 0 Å². The second-order valence-corrected chi connectivity index (χ2v) is 5.92. The van der Waals surface area contributed by atoms with Crippen molar-refractivity contribution in [3.63, 3.8) is 0 Å². The summed E-state index contributed by atoms with van der Waals surface area (Å²) >= 11 is 3.64. The molecule has 0 amide bonds. The summed E-state index contributed by atoms with van der Waals surface area (Å²) in [6.45, 7) is 4.04. The maximum atomic E-state index is 5.80. The van der Waals surface area contributed by atoms with Crippen LogP contribution in [-0.4, -0.2) is 21.6 Å². The third kappa shape index (κ3) is 1.53. The Kier molecular flexibility index (Phi) is 1.89. The minimum atomic E-state index is -0.232. The molecule has 0 atom stereocenters. The normalized spacial score (nSPS) is 33.3. The maximum Gasteiger partial charge on any atom is 0.231 e. The molecule has 0 aromatic heterocycles. The second kappa shape index (κ2) is 2.53. The van der Waals surface area contributed by atoms with Gasteiger partial charge in [-0.3, -0.25) is 0 Å². The van der Waals surface area contributed by atoms with E-state index in [9.17, 15) is 0 Å². The van der Waals surface area contributed by atoms with Crippen molar-refractivity contribution in [2.75, 3.05) is 11.5 Å². The fourth-order valence-electron chi connectivity index (χ4n) is 1.14. The van der Waals surface area contributed by atoms with Crippen LogP contribution in [0.25, 0.3) is 0 Å². The van der Waals surface area contributed by atoms with Crippen LogP contribution in [0.1, 0.15) is 13.8 Å². The lowest BCUT2D eigenvalue weighted by Crippen LogP contribution is -2.40. The second-order valence-electron chi connectivity index (χ2n) is 3.12. The lowest BCUT2D eigenvalue weighted by molar-refractivity contribution is -0.00364. The minimum Gasteiger partial charge on any atom is -0.319 e. The summed E-state index contributed by atoms with van der Waals surface area (Å²) in [6, 6.07) is 0. The first-order chi connectivity index (χ1) is 5.12. The number of hydrogen-bond acceptors (Lipinski definition) is 5. The van der Waals surface area contributed by atoms with Crippen LogP contribution in [0.2, 0.25) is 0 Å². The Morgan fingerprint density at radius 1 is 1.18 bits per heavy atom. The van der Waals surface area contributed by atoms with Gasteiger partial charge < -0.3 is 4.74 Å². The van der Waals surface area contributed by atoms with E-state index in [1.165, 1.54) is 0 Å². The van der Waals surface area contributed by atoms with Crippen molar-refractivity contribution in [3.05, 3.63) is 0 Å². The van der Waals surface area contributed by atoms with Crippen molar-refractivity contribution in [3.8, 4) is 0 Å². The monoisotopic (exact) mass is 192 g/mol. The predicted molar refractivity (Wildman–Crippen MR) is 49.1 cm³/mol. The molecule has 2 aliphatic heterocycles. The fraction of sp³-hybridized carbons (Fsp3) is 1.00. The van der Waals surface area contributed by atoms with E-state index >= 15 is 0 Å². The van der Waals surface area contributed by atoms with E-state index in [1.807, 2.05) is 37.4 Å². The smallest absolute Gasteiger partial charge is 0.231 e. The Morgan fingerprint density at radius 2 is 1.82 bits per heavy atom. The molecule has 0 aromatic rings. The Hall–Kier alpha value is 0.580. The highest BCUT2D eigenvalue weighted by molar-refractivity contribution is 8.21.